The highest BCUT2D eigenvalue weighted by Gasteiger charge is 2.18. The van der Waals surface area contributed by atoms with E-state index in [-0.39, 0.29) is 10.8 Å². The van der Waals surface area contributed by atoms with Gasteiger partial charge >= 0.3 is 4.87 Å². The van der Waals surface area contributed by atoms with Gasteiger partial charge in [-0.3, -0.25) is 14.5 Å². The Kier molecular flexibility index (Phi) is 4.13. The van der Waals surface area contributed by atoms with E-state index in [1.807, 2.05) is 49.1 Å². The monoisotopic (exact) mass is 388 g/mol. The van der Waals surface area contributed by atoms with Gasteiger partial charge in [-0.05, 0) is 44.0 Å². The molecule has 0 unspecified atom stereocenters. The molecule has 3 heterocycles. The van der Waals surface area contributed by atoms with E-state index in [9.17, 15) is 9.90 Å². The first-order valence-electron chi connectivity index (χ1n) is 8.14. The molecule has 0 aliphatic rings. The van der Waals surface area contributed by atoms with E-state index in [2.05, 4.69) is 14.6 Å². The molecule has 0 atom stereocenters. The molecule has 0 aliphatic heterocycles. The number of H-pyrrole nitrogens is 1. The zero-order valence-corrected chi connectivity index (χ0v) is 15.9. The first-order valence-corrected chi connectivity index (χ1v) is 9.34. The molecule has 0 amide bonds. The SMILES string of the molecule is Cc1nn(C)c(-n2ccc3cc(Cl)ccc32)c1CCc1sc(=O)[nH]c1O. The normalized spacial score (nSPS) is 11.5. The van der Waals surface area contributed by atoms with Gasteiger partial charge in [-0.1, -0.05) is 22.9 Å². The molecule has 6 nitrogen and oxygen atoms in total. The lowest BCUT2D eigenvalue weighted by Gasteiger charge is -2.10. The number of hydrogen-bond donors (Lipinski definition) is 2. The number of aryl methyl sites for hydroxylation is 3. The number of aromatic amines is 1. The van der Waals surface area contributed by atoms with Crippen molar-refractivity contribution in [2.45, 2.75) is 19.8 Å². The van der Waals surface area contributed by atoms with Crippen molar-refractivity contribution in [3.05, 3.63) is 61.3 Å². The topological polar surface area (TPSA) is 75.8 Å². The third-order valence-corrected chi connectivity index (χ3v) is 5.66. The molecule has 3 aromatic heterocycles. The summed E-state index contributed by atoms with van der Waals surface area (Å²) in [6.45, 7) is 1.97. The Bertz CT molecular complexity index is 1170. The fourth-order valence-corrected chi connectivity index (χ4v) is 4.25. The summed E-state index contributed by atoms with van der Waals surface area (Å²) in [6.07, 6.45) is 3.25. The average Bonchev–Trinajstić information content (AvgIpc) is 3.20. The maximum absolute atomic E-state index is 11.4. The van der Waals surface area contributed by atoms with Gasteiger partial charge in [-0.2, -0.15) is 5.10 Å². The number of fused-ring (bicyclic) bond motifs is 1. The molecule has 1 aromatic carbocycles. The molecule has 0 spiro atoms. The van der Waals surface area contributed by atoms with E-state index < -0.39 is 0 Å². The Labute approximate surface area is 158 Å². The van der Waals surface area contributed by atoms with E-state index in [1.54, 1.807) is 0 Å². The molecule has 2 N–H and O–H groups in total. The lowest BCUT2D eigenvalue weighted by Crippen LogP contribution is -2.05. The molecule has 8 heteroatoms. The number of nitrogens with one attached hydrogen (secondary N) is 1. The van der Waals surface area contributed by atoms with Gasteiger partial charge in [0.15, 0.2) is 0 Å². The predicted octanol–water partition coefficient (Wildman–Crippen LogP) is 3.57. The van der Waals surface area contributed by atoms with E-state index in [4.69, 9.17) is 11.6 Å². The molecule has 26 heavy (non-hydrogen) atoms. The second kappa shape index (κ2) is 6.34. The van der Waals surface area contributed by atoms with Crippen molar-refractivity contribution in [2.24, 2.45) is 7.05 Å². The van der Waals surface area contributed by atoms with Crippen molar-refractivity contribution in [1.82, 2.24) is 19.3 Å². The summed E-state index contributed by atoms with van der Waals surface area (Å²) in [6, 6.07) is 7.83. The molecule has 134 valence electrons. The third-order valence-electron chi connectivity index (χ3n) is 4.50. The molecular weight excluding hydrogens is 372 g/mol. The van der Waals surface area contributed by atoms with E-state index in [1.165, 1.54) is 0 Å². The van der Waals surface area contributed by atoms with Crippen LogP contribution < -0.4 is 4.87 Å². The number of thiazole rings is 1. The molecule has 0 saturated heterocycles. The number of aromatic nitrogens is 4. The second-order valence-electron chi connectivity index (χ2n) is 6.19. The molecule has 0 aliphatic carbocycles. The largest absolute Gasteiger partial charge is 0.494 e. The Hall–Kier alpha value is -2.51. The van der Waals surface area contributed by atoms with Crippen LogP contribution in [0.25, 0.3) is 16.7 Å². The van der Waals surface area contributed by atoms with Crippen molar-refractivity contribution in [3.63, 3.8) is 0 Å². The van der Waals surface area contributed by atoms with Gasteiger partial charge in [-0.25, -0.2) is 0 Å². The van der Waals surface area contributed by atoms with Crippen LogP contribution in [0.15, 0.2) is 35.3 Å². The summed E-state index contributed by atoms with van der Waals surface area (Å²) in [5.41, 5.74) is 3.06. The molecule has 4 aromatic rings. The third kappa shape index (κ3) is 2.83. The molecular formula is C18H17ClN4O2S. The first kappa shape index (κ1) is 16.9. The minimum atomic E-state index is -0.242. The van der Waals surface area contributed by atoms with Crippen LogP contribution in [0.2, 0.25) is 5.02 Å². The van der Waals surface area contributed by atoms with Gasteiger partial charge in [0, 0.05) is 29.2 Å². The van der Waals surface area contributed by atoms with Gasteiger partial charge in [0.05, 0.1) is 16.1 Å². The van der Waals surface area contributed by atoms with Crippen LogP contribution in [0.4, 0.5) is 0 Å². The molecule has 4 rings (SSSR count). The maximum Gasteiger partial charge on any atom is 0.307 e. The van der Waals surface area contributed by atoms with Gasteiger partial charge in [-0.15, -0.1) is 0 Å². The van der Waals surface area contributed by atoms with Gasteiger partial charge in [0.1, 0.15) is 5.82 Å². The van der Waals surface area contributed by atoms with Crippen molar-refractivity contribution < 1.29 is 5.11 Å². The summed E-state index contributed by atoms with van der Waals surface area (Å²) in [4.78, 5) is 14.2. The summed E-state index contributed by atoms with van der Waals surface area (Å²) < 4.78 is 3.96. The van der Waals surface area contributed by atoms with Gasteiger partial charge in [0.25, 0.3) is 0 Å². The number of hydrogen-bond acceptors (Lipinski definition) is 4. The lowest BCUT2D eigenvalue weighted by molar-refractivity contribution is 0.450. The Morgan fingerprint density at radius 2 is 2.12 bits per heavy atom. The van der Waals surface area contributed by atoms with E-state index in [0.29, 0.717) is 22.7 Å². The van der Waals surface area contributed by atoms with Gasteiger partial charge < -0.3 is 9.67 Å². The maximum atomic E-state index is 11.4. The van der Waals surface area contributed by atoms with Gasteiger partial charge in [0.2, 0.25) is 5.88 Å². The Balaban J connectivity index is 1.77. The average molecular weight is 389 g/mol. The number of rotatable bonds is 4. The number of aromatic hydroxyl groups is 1. The fraction of sp³-hybridized carbons (Fsp3) is 0.222. The van der Waals surface area contributed by atoms with Crippen molar-refractivity contribution in [3.8, 4) is 11.7 Å². The highest BCUT2D eigenvalue weighted by Crippen LogP contribution is 2.28. The Morgan fingerprint density at radius 1 is 1.31 bits per heavy atom. The molecule has 0 fully saturated rings. The van der Waals surface area contributed by atoms with E-state index in [0.717, 1.165) is 39.3 Å². The number of benzene rings is 1. The van der Waals surface area contributed by atoms with Crippen molar-refractivity contribution >= 4 is 33.8 Å². The summed E-state index contributed by atoms with van der Waals surface area (Å²) in [7, 11) is 1.92. The lowest BCUT2D eigenvalue weighted by atomic mass is 10.1. The van der Waals surface area contributed by atoms with Crippen LogP contribution in [0.5, 0.6) is 5.88 Å². The summed E-state index contributed by atoms with van der Waals surface area (Å²) >= 11 is 7.14. The Morgan fingerprint density at radius 3 is 2.85 bits per heavy atom. The smallest absolute Gasteiger partial charge is 0.307 e. The quantitative estimate of drug-likeness (QED) is 0.561. The van der Waals surface area contributed by atoms with Crippen molar-refractivity contribution in [1.29, 1.82) is 0 Å². The zero-order valence-electron chi connectivity index (χ0n) is 14.3. The summed E-state index contributed by atoms with van der Waals surface area (Å²) in [5, 5.41) is 16.2. The van der Waals surface area contributed by atoms with Crippen LogP contribution in [-0.4, -0.2) is 24.4 Å². The van der Waals surface area contributed by atoms with Crippen LogP contribution in [0.1, 0.15) is 16.1 Å². The fourth-order valence-electron chi connectivity index (χ4n) is 3.34. The zero-order chi connectivity index (χ0) is 18.4. The molecule has 0 radical (unpaired) electrons. The second-order valence-corrected chi connectivity index (χ2v) is 7.69. The standard InChI is InChI=1S/C18H17ClN4O2S/c1-10-13(4-6-15-16(24)20-18(25)26-15)17(22(2)21-10)23-8-7-11-9-12(19)3-5-14(11)23/h3,5,7-9,24H,4,6H2,1-2H3,(H,20,25). The predicted molar refractivity (Wildman–Crippen MR) is 104 cm³/mol. The first-order chi connectivity index (χ1) is 12.4. The summed E-state index contributed by atoms with van der Waals surface area (Å²) in [5.74, 6) is 0.936. The van der Waals surface area contributed by atoms with Crippen LogP contribution >= 0.6 is 22.9 Å². The van der Waals surface area contributed by atoms with Crippen LogP contribution in [0, 0.1) is 6.92 Å². The highest BCUT2D eigenvalue weighted by molar-refractivity contribution is 7.09. The molecule has 0 saturated carbocycles. The minimum absolute atomic E-state index is 0.0378. The highest BCUT2D eigenvalue weighted by atomic mass is 35.5. The van der Waals surface area contributed by atoms with Crippen LogP contribution in [0.3, 0.4) is 0 Å². The van der Waals surface area contributed by atoms with Crippen molar-refractivity contribution in [2.75, 3.05) is 0 Å². The minimum Gasteiger partial charge on any atom is -0.494 e. The molecule has 0 bridgehead atoms. The number of halogens is 1. The van der Waals surface area contributed by atoms with E-state index >= 15 is 0 Å². The van der Waals surface area contributed by atoms with Crippen LogP contribution in [-0.2, 0) is 19.9 Å². The number of nitrogens with zero attached hydrogens (tertiary/aromatic N) is 3.